The van der Waals surface area contributed by atoms with Crippen LogP contribution in [0.15, 0.2) is 36.9 Å². The van der Waals surface area contributed by atoms with Crippen molar-refractivity contribution in [3.8, 4) is 5.75 Å². The first-order valence-corrected chi connectivity index (χ1v) is 7.31. The van der Waals surface area contributed by atoms with Crippen molar-refractivity contribution in [1.29, 1.82) is 0 Å². The van der Waals surface area contributed by atoms with Crippen molar-refractivity contribution < 1.29 is 14.3 Å². The molecule has 0 aliphatic heterocycles. The van der Waals surface area contributed by atoms with Crippen LogP contribution in [-0.4, -0.2) is 36.6 Å². The molecule has 4 heteroatoms. The van der Waals surface area contributed by atoms with Gasteiger partial charge in [-0.15, -0.1) is 6.58 Å². The molecule has 4 nitrogen and oxygen atoms in total. The Kier molecular flexibility index (Phi) is 5.39. The van der Waals surface area contributed by atoms with Crippen LogP contribution < -0.4 is 4.74 Å². The Morgan fingerprint density at radius 3 is 2.90 bits per heavy atom. The van der Waals surface area contributed by atoms with E-state index in [-0.39, 0.29) is 5.91 Å². The van der Waals surface area contributed by atoms with E-state index in [0.717, 1.165) is 24.2 Å². The molecule has 0 radical (unpaired) electrons. The van der Waals surface area contributed by atoms with Gasteiger partial charge in [0.05, 0.1) is 13.7 Å². The SMILES string of the molecule is C=CCN(C(=O)C(C)OCc1cccc(OC)c1)C1CC1. The molecule has 0 aromatic heterocycles. The Hall–Kier alpha value is -1.81. The van der Waals surface area contributed by atoms with Gasteiger partial charge in [0.2, 0.25) is 0 Å². The molecule has 1 aromatic carbocycles. The second-order valence-electron chi connectivity index (χ2n) is 5.32. The van der Waals surface area contributed by atoms with Gasteiger partial charge in [-0.05, 0) is 37.5 Å². The van der Waals surface area contributed by atoms with Crippen LogP contribution in [0.1, 0.15) is 25.3 Å². The summed E-state index contributed by atoms with van der Waals surface area (Å²) in [6, 6.07) is 8.05. The highest BCUT2D eigenvalue weighted by Crippen LogP contribution is 2.27. The maximum atomic E-state index is 12.4. The van der Waals surface area contributed by atoms with E-state index >= 15 is 0 Å². The molecule has 2 rings (SSSR count). The molecule has 1 aliphatic rings. The van der Waals surface area contributed by atoms with Gasteiger partial charge in [-0.3, -0.25) is 4.79 Å². The molecule has 1 aliphatic carbocycles. The molecular formula is C17H23NO3. The summed E-state index contributed by atoms with van der Waals surface area (Å²) in [5, 5.41) is 0. The minimum absolute atomic E-state index is 0.0419. The van der Waals surface area contributed by atoms with Crippen LogP contribution in [0.4, 0.5) is 0 Å². The van der Waals surface area contributed by atoms with Crippen molar-refractivity contribution in [2.24, 2.45) is 0 Å². The van der Waals surface area contributed by atoms with Crippen LogP contribution in [0.3, 0.4) is 0 Å². The highest BCUT2D eigenvalue weighted by Gasteiger charge is 2.33. The van der Waals surface area contributed by atoms with Gasteiger partial charge in [0.1, 0.15) is 11.9 Å². The summed E-state index contributed by atoms with van der Waals surface area (Å²) >= 11 is 0. The second-order valence-corrected chi connectivity index (χ2v) is 5.32. The third-order valence-corrected chi connectivity index (χ3v) is 3.58. The summed E-state index contributed by atoms with van der Waals surface area (Å²) in [4.78, 5) is 14.3. The van der Waals surface area contributed by atoms with E-state index in [2.05, 4.69) is 6.58 Å². The molecule has 114 valence electrons. The summed E-state index contributed by atoms with van der Waals surface area (Å²) in [6.45, 7) is 6.52. The minimum atomic E-state index is -0.447. The molecule has 0 spiro atoms. The van der Waals surface area contributed by atoms with Crippen molar-refractivity contribution in [2.75, 3.05) is 13.7 Å². The Labute approximate surface area is 126 Å². The molecule has 1 fully saturated rings. The van der Waals surface area contributed by atoms with Gasteiger partial charge >= 0.3 is 0 Å². The van der Waals surface area contributed by atoms with E-state index < -0.39 is 6.10 Å². The maximum Gasteiger partial charge on any atom is 0.251 e. The first-order valence-electron chi connectivity index (χ1n) is 7.31. The molecule has 1 aromatic rings. The number of rotatable bonds is 8. The van der Waals surface area contributed by atoms with E-state index in [1.807, 2.05) is 29.2 Å². The van der Waals surface area contributed by atoms with Gasteiger partial charge in [0, 0.05) is 12.6 Å². The van der Waals surface area contributed by atoms with Crippen molar-refractivity contribution in [3.05, 3.63) is 42.5 Å². The highest BCUT2D eigenvalue weighted by atomic mass is 16.5. The third-order valence-electron chi connectivity index (χ3n) is 3.58. The average molecular weight is 289 g/mol. The fraction of sp³-hybridized carbons (Fsp3) is 0.471. The fourth-order valence-electron chi connectivity index (χ4n) is 2.23. The Bertz CT molecular complexity index is 497. The molecular weight excluding hydrogens is 266 g/mol. The molecule has 0 bridgehead atoms. The summed E-state index contributed by atoms with van der Waals surface area (Å²) in [7, 11) is 1.63. The van der Waals surface area contributed by atoms with E-state index in [0.29, 0.717) is 19.2 Å². The van der Waals surface area contributed by atoms with Crippen LogP contribution in [0, 0.1) is 0 Å². The summed E-state index contributed by atoms with van der Waals surface area (Å²) < 4.78 is 10.9. The van der Waals surface area contributed by atoms with Crippen molar-refractivity contribution in [1.82, 2.24) is 4.90 Å². The largest absolute Gasteiger partial charge is 0.497 e. The fourth-order valence-corrected chi connectivity index (χ4v) is 2.23. The zero-order chi connectivity index (χ0) is 15.2. The number of amides is 1. The Morgan fingerprint density at radius 1 is 1.52 bits per heavy atom. The molecule has 0 N–H and O–H groups in total. The second kappa shape index (κ2) is 7.27. The van der Waals surface area contributed by atoms with Crippen LogP contribution >= 0.6 is 0 Å². The van der Waals surface area contributed by atoms with Crippen LogP contribution in [0.25, 0.3) is 0 Å². The number of nitrogens with zero attached hydrogens (tertiary/aromatic N) is 1. The van der Waals surface area contributed by atoms with Gasteiger partial charge in [0.15, 0.2) is 0 Å². The van der Waals surface area contributed by atoms with Crippen LogP contribution in [0.2, 0.25) is 0 Å². The lowest BCUT2D eigenvalue weighted by molar-refractivity contribution is -0.143. The third kappa shape index (κ3) is 4.33. The Balaban J connectivity index is 1.89. The van der Waals surface area contributed by atoms with Gasteiger partial charge < -0.3 is 14.4 Å². The minimum Gasteiger partial charge on any atom is -0.497 e. The van der Waals surface area contributed by atoms with Gasteiger partial charge in [-0.25, -0.2) is 0 Å². The van der Waals surface area contributed by atoms with E-state index in [9.17, 15) is 4.79 Å². The number of methoxy groups -OCH3 is 1. The standard InChI is InChI=1S/C17H23NO3/c1-4-10-18(15-8-9-15)17(19)13(2)21-12-14-6-5-7-16(11-14)20-3/h4-7,11,13,15H,1,8-10,12H2,2-3H3. The van der Waals surface area contributed by atoms with E-state index in [4.69, 9.17) is 9.47 Å². The van der Waals surface area contributed by atoms with Gasteiger partial charge in [-0.1, -0.05) is 18.2 Å². The number of ether oxygens (including phenoxy) is 2. The van der Waals surface area contributed by atoms with Crippen molar-refractivity contribution in [3.63, 3.8) is 0 Å². The number of carbonyl (C=O) groups excluding carboxylic acids is 1. The molecule has 1 amide bonds. The quantitative estimate of drug-likeness (QED) is 0.691. The lowest BCUT2D eigenvalue weighted by Gasteiger charge is -2.24. The smallest absolute Gasteiger partial charge is 0.251 e. The lowest BCUT2D eigenvalue weighted by Crippen LogP contribution is -2.40. The van der Waals surface area contributed by atoms with Crippen LogP contribution in [0.5, 0.6) is 5.75 Å². The molecule has 1 saturated carbocycles. The number of hydrogen-bond acceptors (Lipinski definition) is 3. The molecule has 1 unspecified atom stereocenters. The summed E-state index contributed by atoms with van der Waals surface area (Å²) in [5.74, 6) is 0.835. The summed E-state index contributed by atoms with van der Waals surface area (Å²) in [5.41, 5.74) is 0.996. The van der Waals surface area contributed by atoms with E-state index in [1.165, 1.54) is 0 Å². The predicted octanol–water partition coefficient (Wildman–Crippen LogP) is 2.78. The van der Waals surface area contributed by atoms with Gasteiger partial charge in [0.25, 0.3) is 5.91 Å². The first kappa shape index (κ1) is 15.6. The average Bonchev–Trinajstić information content (AvgIpc) is 3.34. The zero-order valence-corrected chi connectivity index (χ0v) is 12.7. The monoisotopic (exact) mass is 289 g/mol. The molecule has 1 atom stereocenters. The molecule has 0 heterocycles. The van der Waals surface area contributed by atoms with Crippen molar-refractivity contribution >= 4 is 5.91 Å². The normalized spacial score (nSPS) is 15.3. The van der Waals surface area contributed by atoms with E-state index in [1.54, 1.807) is 20.1 Å². The number of hydrogen-bond donors (Lipinski definition) is 0. The molecule has 0 saturated heterocycles. The first-order chi connectivity index (χ1) is 10.2. The topological polar surface area (TPSA) is 38.8 Å². The Morgan fingerprint density at radius 2 is 2.29 bits per heavy atom. The summed E-state index contributed by atoms with van der Waals surface area (Å²) in [6.07, 6.45) is 3.49. The highest BCUT2D eigenvalue weighted by molar-refractivity contribution is 5.81. The number of carbonyl (C=O) groups is 1. The number of benzene rings is 1. The predicted molar refractivity (Wildman–Crippen MR) is 82.2 cm³/mol. The molecule has 21 heavy (non-hydrogen) atoms. The van der Waals surface area contributed by atoms with Gasteiger partial charge in [-0.2, -0.15) is 0 Å². The van der Waals surface area contributed by atoms with Crippen LogP contribution in [-0.2, 0) is 16.1 Å². The maximum absolute atomic E-state index is 12.4. The lowest BCUT2D eigenvalue weighted by atomic mass is 10.2. The van der Waals surface area contributed by atoms with Crippen molar-refractivity contribution in [2.45, 2.75) is 38.5 Å². The zero-order valence-electron chi connectivity index (χ0n) is 12.7.